The second-order valence-corrected chi connectivity index (χ2v) is 7.06. The molecule has 0 aliphatic heterocycles. The van der Waals surface area contributed by atoms with E-state index in [2.05, 4.69) is 5.32 Å². The number of aryl methyl sites for hydroxylation is 2. The van der Waals surface area contributed by atoms with Gasteiger partial charge in [0.1, 0.15) is 22.7 Å². The van der Waals surface area contributed by atoms with Crippen LogP contribution in [0.3, 0.4) is 0 Å². The van der Waals surface area contributed by atoms with E-state index in [1.54, 1.807) is 13.2 Å². The maximum atomic E-state index is 12.5. The summed E-state index contributed by atoms with van der Waals surface area (Å²) in [5.41, 5.74) is 4.26. The van der Waals surface area contributed by atoms with Crippen molar-refractivity contribution in [1.82, 2.24) is 0 Å². The lowest BCUT2D eigenvalue weighted by atomic mass is 10.1. The first-order valence-electron chi connectivity index (χ1n) is 9.54. The fourth-order valence-electron chi connectivity index (χ4n) is 3.35. The maximum absolute atomic E-state index is 12.5. The zero-order valence-electron chi connectivity index (χ0n) is 16.7. The van der Waals surface area contributed by atoms with Gasteiger partial charge in [0.15, 0.2) is 0 Å². The van der Waals surface area contributed by atoms with Crippen molar-refractivity contribution in [3.63, 3.8) is 0 Å². The molecule has 0 bridgehead atoms. The van der Waals surface area contributed by atoms with Crippen molar-refractivity contribution >= 4 is 33.5 Å². The number of hydrogen-bond donors (Lipinski definition) is 1. The molecular formula is C24H23NO4. The quantitative estimate of drug-likeness (QED) is 0.465. The Kier molecular flexibility index (Phi) is 5.12. The minimum absolute atomic E-state index is 0.149. The molecule has 1 aromatic heterocycles. The zero-order chi connectivity index (χ0) is 20.4. The van der Waals surface area contributed by atoms with Crippen molar-refractivity contribution in [2.75, 3.05) is 19.0 Å². The van der Waals surface area contributed by atoms with Crippen molar-refractivity contribution in [1.29, 1.82) is 0 Å². The van der Waals surface area contributed by atoms with Crippen LogP contribution in [-0.2, 0) is 4.79 Å². The van der Waals surface area contributed by atoms with Crippen LogP contribution >= 0.6 is 0 Å². The first-order valence-corrected chi connectivity index (χ1v) is 9.54. The largest absolute Gasteiger partial charge is 0.495 e. The Labute approximate surface area is 169 Å². The standard InChI is InChI=1S/C24H23NO4/c1-15-8-9-16(2)21(12-15)28-11-10-24(26)25-19-14-22-18(13-23(19)27-3)17-6-4-5-7-20(17)29-22/h4-9,12-14H,10-11H2,1-3H3,(H,25,26). The SMILES string of the molecule is COc1cc2c(cc1NC(=O)CCOc1cc(C)ccc1C)oc1ccccc12. The molecule has 4 rings (SSSR count). The molecule has 5 heteroatoms. The Morgan fingerprint density at radius 1 is 0.966 bits per heavy atom. The lowest BCUT2D eigenvalue weighted by molar-refractivity contribution is -0.116. The normalized spacial score (nSPS) is 11.0. The van der Waals surface area contributed by atoms with E-state index in [1.807, 2.05) is 62.4 Å². The van der Waals surface area contributed by atoms with Crippen LogP contribution in [0.25, 0.3) is 21.9 Å². The highest BCUT2D eigenvalue weighted by Gasteiger charge is 2.14. The summed E-state index contributed by atoms with van der Waals surface area (Å²) in [5, 5.41) is 4.87. The number of amides is 1. The van der Waals surface area contributed by atoms with Gasteiger partial charge in [-0.25, -0.2) is 0 Å². The number of benzene rings is 3. The molecule has 5 nitrogen and oxygen atoms in total. The van der Waals surface area contributed by atoms with Gasteiger partial charge in [-0.2, -0.15) is 0 Å². The minimum atomic E-state index is -0.149. The monoisotopic (exact) mass is 389 g/mol. The van der Waals surface area contributed by atoms with Gasteiger partial charge < -0.3 is 19.2 Å². The van der Waals surface area contributed by atoms with Gasteiger partial charge in [0.2, 0.25) is 5.91 Å². The summed E-state index contributed by atoms with van der Waals surface area (Å²) >= 11 is 0. The molecule has 1 amide bonds. The number of methoxy groups -OCH3 is 1. The number of carbonyl (C=O) groups is 1. The Morgan fingerprint density at radius 3 is 2.62 bits per heavy atom. The third-order valence-electron chi connectivity index (χ3n) is 4.90. The number of rotatable bonds is 6. The topological polar surface area (TPSA) is 60.7 Å². The van der Waals surface area contributed by atoms with Crippen LogP contribution in [0.1, 0.15) is 17.5 Å². The lowest BCUT2D eigenvalue weighted by Crippen LogP contribution is -2.16. The predicted octanol–water partition coefficient (Wildman–Crippen LogP) is 5.62. The van der Waals surface area contributed by atoms with E-state index in [9.17, 15) is 4.79 Å². The van der Waals surface area contributed by atoms with Gasteiger partial charge in [0.25, 0.3) is 0 Å². The Balaban J connectivity index is 1.48. The van der Waals surface area contributed by atoms with Crippen LogP contribution in [0, 0.1) is 13.8 Å². The molecule has 0 aliphatic carbocycles. The van der Waals surface area contributed by atoms with Crippen molar-refractivity contribution in [2.24, 2.45) is 0 Å². The molecule has 1 heterocycles. The van der Waals surface area contributed by atoms with E-state index in [0.29, 0.717) is 23.6 Å². The van der Waals surface area contributed by atoms with Crippen LogP contribution in [-0.4, -0.2) is 19.6 Å². The van der Waals surface area contributed by atoms with E-state index < -0.39 is 0 Å². The average molecular weight is 389 g/mol. The van der Waals surface area contributed by atoms with Gasteiger partial charge in [-0.05, 0) is 43.2 Å². The number of para-hydroxylation sites is 1. The number of fused-ring (bicyclic) bond motifs is 3. The average Bonchev–Trinajstić information content (AvgIpc) is 3.07. The summed E-state index contributed by atoms with van der Waals surface area (Å²) in [4.78, 5) is 12.5. The molecule has 0 saturated carbocycles. The molecule has 0 spiro atoms. The minimum Gasteiger partial charge on any atom is -0.495 e. The second kappa shape index (κ2) is 7.87. The Morgan fingerprint density at radius 2 is 1.79 bits per heavy atom. The summed E-state index contributed by atoms with van der Waals surface area (Å²) in [6.45, 7) is 4.30. The summed E-state index contributed by atoms with van der Waals surface area (Å²) in [6, 6.07) is 17.5. The van der Waals surface area contributed by atoms with E-state index in [4.69, 9.17) is 13.9 Å². The third-order valence-corrected chi connectivity index (χ3v) is 4.90. The Bertz CT molecular complexity index is 1190. The van der Waals surface area contributed by atoms with E-state index in [-0.39, 0.29) is 12.3 Å². The van der Waals surface area contributed by atoms with Gasteiger partial charge in [0.05, 0.1) is 25.8 Å². The number of carbonyl (C=O) groups excluding carboxylic acids is 1. The van der Waals surface area contributed by atoms with Crippen LogP contribution < -0.4 is 14.8 Å². The van der Waals surface area contributed by atoms with E-state index in [1.165, 1.54) is 0 Å². The molecule has 0 saturated heterocycles. The van der Waals surface area contributed by atoms with Crippen LogP contribution in [0.5, 0.6) is 11.5 Å². The summed E-state index contributed by atoms with van der Waals surface area (Å²) in [7, 11) is 1.59. The van der Waals surface area contributed by atoms with Crippen molar-refractivity contribution in [3.8, 4) is 11.5 Å². The first-order chi connectivity index (χ1) is 14.0. The highest BCUT2D eigenvalue weighted by molar-refractivity contribution is 6.07. The molecule has 0 radical (unpaired) electrons. The van der Waals surface area contributed by atoms with Gasteiger partial charge in [-0.1, -0.05) is 30.3 Å². The molecule has 4 aromatic rings. The summed E-state index contributed by atoms with van der Waals surface area (Å²) < 4.78 is 17.2. The number of anilines is 1. The number of furan rings is 1. The zero-order valence-corrected chi connectivity index (χ0v) is 16.7. The van der Waals surface area contributed by atoms with Crippen molar-refractivity contribution in [2.45, 2.75) is 20.3 Å². The van der Waals surface area contributed by atoms with Crippen LogP contribution in [0.15, 0.2) is 59.0 Å². The fourth-order valence-corrected chi connectivity index (χ4v) is 3.35. The van der Waals surface area contributed by atoms with Gasteiger partial charge in [-0.3, -0.25) is 4.79 Å². The number of hydrogen-bond acceptors (Lipinski definition) is 4. The fraction of sp³-hybridized carbons (Fsp3) is 0.208. The molecule has 1 N–H and O–H groups in total. The van der Waals surface area contributed by atoms with Crippen molar-refractivity contribution in [3.05, 3.63) is 65.7 Å². The maximum Gasteiger partial charge on any atom is 0.227 e. The van der Waals surface area contributed by atoms with E-state index in [0.717, 1.165) is 33.2 Å². The number of nitrogens with one attached hydrogen (secondary N) is 1. The second-order valence-electron chi connectivity index (χ2n) is 7.06. The predicted molar refractivity (Wildman–Crippen MR) is 115 cm³/mol. The highest BCUT2D eigenvalue weighted by Crippen LogP contribution is 2.36. The molecule has 148 valence electrons. The smallest absolute Gasteiger partial charge is 0.227 e. The van der Waals surface area contributed by atoms with Gasteiger partial charge in [-0.15, -0.1) is 0 Å². The molecule has 3 aromatic carbocycles. The lowest BCUT2D eigenvalue weighted by Gasteiger charge is -2.12. The molecule has 0 aliphatic rings. The molecule has 29 heavy (non-hydrogen) atoms. The number of ether oxygens (including phenoxy) is 2. The van der Waals surface area contributed by atoms with Gasteiger partial charge >= 0.3 is 0 Å². The summed E-state index contributed by atoms with van der Waals surface area (Å²) in [6.07, 6.45) is 0.231. The van der Waals surface area contributed by atoms with Gasteiger partial charge in [0, 0.05) is 16.8 Å². The molecule has 0 atom stereocenters. The molecule has 0 fully saturated rings. The first kappa shape index (κ1) is 18.9. The highest BCUT2D eigenvalue weighted by atomic mass is 16.5. The Hall–Kier alpha value is -3.47. The third kappa shape index (κ3) is 3.90. The molecular weight excluding hydrogens is 366 g/mol. The van der Waals surface area contributed by atoms with Crippen molar-refractivity contribution < 1.29 is 18.7 Å². The van der Waals surface area contributed by atoms with E-state index >= 15 is 0 Å². The summed E-state index contributed by atoms with van der Waals surface area (Å²) in [5.74, 6) is 1.25. The van der Waals surface area contributed by atoms with Crippen LogP contribution in [0.4, 0.5) is 5.69 Å². The molecule has 0 unspecified atom stereocenters. The van der Waals surface area contributed by atoms with Crippen LogP contribution in [0.2, 0.25) is 0 Å².